The SMILES string of the molecule is CC1CCC(c2ccc(-c3ccc(C4CCC(C(F)(F)Oc5cc(F)c(N=C=S)c(F)c5)CC4)c(F)c3)c(F)c2)CC1. The number of halogens is 6. The Morgan fingerprint density at radius 3 is 2.00 bits per heavy atom. The highest BCUT2D eigenvalue weighted by molar-refractivity contribution is 7.78. The van der Waals surface area contributed by atoms with E-state index in [4.69, 9.17) is 4.74 Å². The third-order valence-corrected chi connectivity index (χ3v) is 8.93. The van der Waals surface area contributed by atoms with Gasteiger partial charge < -0.3 is 4.74 Å². The van der Waals surface area contributed by atoms with Crippen LogP contribution >= 0.6 is 12.2 Å². The van der Waals surface area contributed by atoms with E-state index in [-0.39, 0.29) is 37.4 Å². The standard InChI is InChI=1S/C33H31F6NOS/c1-19-2-4-20(5-3-19)22-8-12-27(28(34)14-22)23-9-13-26(29(35)15-23)21-6-10-24(11-7-21)33(38,39)41-25-16-30(36)32(40-18-42)31(37)17-25/h8-9,12-17,19-21,24H,2-7,10-11H2,1H3. The van der Waals surface area contributed by atoms with Crippen molar-refractivity contribution >= 4 is 23.1 Å². The molecule has 0 radical (unpaired) electrons. The number of aliphatic imine (C=N–C) groups is 1. The normalized spacial score (nSPS) is 22.8. The highest BCUT2D eigenvalue weighted by Crippen LogP contribution is 2.45. The lowest BCUT2D eigenvalue weighted by Gasteiger charge is -2.33. The van der Waals surface area contributed by atoms with Gasteiger partial charge in [0.25, 0.3) is 0 Å². The fourth-order valence-corrected chi connectivity index (χ4v) is 6.46. The van der Waals surface area contributed by atoms with Gasteiger partial charge in [0.1, 0.15) is 23.1 Å². The van der Waals surface area contributed by atoms with Crippen LogP contribution in [-0.4, -0.2) is 11.3 Å². The van der Waals surface area contributed by atoms with E-state index < -0.39 is 40.9 Å². The second-order valence-electron chi connectivity index (χ2n) is 11.6. The molecular formula is C33H31F6NOS. The minimum absolute atomic E-state index is 0.0210. The molecule has 0 N–H and O–H groups in total. The van der Waals surface area contributed by atoms with Crippen molar-refractivity contribution in [3.05, 3.63) is 82.9 Å². The number of nitrogens with zero attached hydrogens (tertiary/aromatic N) is 1. The van der Waals surface area contributed by atoms with E-state index in [9.17, 15) is 17.6 Å². The molecule has 0 unspecified atom stereocenters. The molecule has 0 heterocycles. The number of ether oxygens (including phenoxy) is 1. The topological polar surface area (TPSA) is 21.6 Å². The Morgan fingerprint density at radius 1 is 0.762 bits per heavy atom. The molecule has 2 aliphatic carbocycles. The first-order valence-electron chi connectivity index (χ1n) is 14.3. The molecule has 42 heavy (non-hydrogen) atoms. The van der Waals surface area contributed by atoms with Crippen molar-refractivity contribution in [3.63, 3.8) is 0 Å². The fraction of sp³-hybridized carbons (Fsp3) is 0.424. The zero-order valence-electron chi connectivity index (χ0n) is 23.1. The van der Waals surface area contributed by atoms with E-state index in [0.717, 1.165) is 31.2 Å². The summed E-state index contributed by atoms with van der Waals surface area (Å²) in [4.78, 5) is 3.25. The molecule has 2 fully saturated rings. The third kappa shape index (κ3) is 6.57. The van der Waals surface area contributed by atoms with Crippen LogP contribution < -0.4 is 4.74 Å². The Balaban J connectivity index is 1.23. The summed E-state index contributed by atoms with van der Waals surface area (Å²) in [6, 6.07) is 11.0. The van der Waals surface area contributed by atoms with E-state index >= 15 is 8.78 Å². The van der Waals surface area contributed by atoms with Crippen LogP contribution in [0.2, 0.25) is 0 Å². The van der Waals surface area contributed by atoms with Crippen molar-refractivity contribution in [2.24, 2.45) is 16.8 Å². The molecule has 2 nitrogen and oxygen atoms in total. The molecule has 3 aromatic rings. The van der Waals surface area contributed by atoms with Crippen LogP contribution in [0, 0.1) is 35.1 Å². The van der Waals surface area contributed by atoms with E-state index in [2.05, 4.69) is 24.1 Å². The number of benzene rings is 3. The van der Waals surface area contributed by atoms with E-state index in [1.165, 1.54) is 6.07 Å². The fourth-order valence-electron chi connectivity index (χ4n) is 6.37. The summed E-state index contributed by atoms with van der Waals surface area (Å²) in [5, 5.41) is 1.83. The molecule has 2 saturated carbocycles. The summed E-state index contributed by atoms with van der Waals surface area (Å²) in [6.07, 6.45) is 1.23. The van der Waals surface area contributed by atoms with Gasteiger partial charge in [-0.05, 0) is 97.3 Å². The largest absolute Gasteiger partial charge is 0.432 e. The maximum Gasteiger partial charge on any atom is 0.400 e. The van der Waals surface area contributed by atoms with Gasteiger partial charge in [0, 0.05) is 17.7 Å². The molecule has 3 aromatic carbocycles. The molecular weight excluding hydrogens is 572 g/mol. The molecule has 0 bridgehead atoms. The molecule has 0 atom stereocenters. The third-order valence-electron chi connectivity index (χ3n) is 8.84. The Kier molecular flexibility index (Phi) is 9.09. The number of rotatable bonds is 7. The molecule has 5 rings (SSSR count). The first-order chi connectivity index (χ1) is 20.1. The highest BCUT2D eigenvalue weighted by Gasteiger charge is 2.44. The second kappa shape index (κ2) is 12.6. The van der Waals surface area contributed by atoms with Crippen LogP contribution in [0.25, 0.3) is 11.1 Å². The lowest BCUT2D eigenvalue weighted by molar-refractivity contribution is -0.222. The predicted molar refractivity (Wildman–Crippen MR) is 153 cm³/mol. The smallest absolute Gasteiger partial charge is 0.400 e. The summed E-state index contributed by atoms with van der Waals surface area (Å²) in [6.45, 7) is 2.24. The maximum absolute atomic E-state index is 15.3. The summed E-state index contributed by atoms with van der Waals surface area (Å²) in [7, 11) is 0. The van der Waals surface area contributed by atoms with Gasteiger partial charge >= 0.3 is 6.11 Å². The molecule has 0 aliphatic heterocycles. The number of isothiocyanates is 1. The summed E-state index contributed by atoms with van der Waals surface area (Å²) in [5.41, 5.74) is 1.39. The average Bonchev–Trinajstić information content (AvgIpc) is 2.95. The van der Waals surface area contributed by atoms with Gasteiger partial charge in [-0.15, -0.1) is 0 Å². The maximum atomic E-state index is 15.3. The first-order valence-corrected chi connectivity index (χ1v) is 14.7. The Labute approximate surface area is 246 Å². The highest BCUT2D eigenvalue weighted by atomic mass is 32.1. The van der Waals surface area contributed by atoms with Gasteiger partial charge in [-0.1, -0.05) is 44.0 Å². The van der Waals surface area contributed by atoms with Gasteiger partial charge in [-0.2, -0.15) is 13.8 Å². The number of hydrogen-bond acceptors (Lipinski definition) is 3. The van der Waals surface area contributed by atoms with Gasteiger partial charge in [0.2, 0.25) is 0 Å². The van der Waals surface area contributed by atoms with Gasteiger partial charge in [-0.3, -0.25) is 0 Å². The van der Waals surface area contributed by atoms with Crippen molar-refractivity contribution in [1.82, 2.24) is 0 Å². The zero-order chi connectivity index (χ0) is 30.0. The second-order valence-corrected chi connectivity index (χ2v) is 11.8. The van der Waals surface area contributed by atoms with Crippen LogP contribution in [0.5, 0.6) is 5.75 Å². The van der Waals surface area contributed by atoms with Crippen molar-refractivity contribution < 1.29 is 31.1 Å². The number of alkyl halides is 2. The molecule has 9 heteroatoms. The van der Waals surface area contributed by atoms with Gasteiger partial charge in [0.15, 0.2) is 11.6 Å². The van der Waals surface area contributed by atoms with Crippen molar-refractivity contribution in [2.45, 2.75) is 76.2 Å². The van der Waals surface area contributed by atoms with Crippen LogP contribution in [0.3, 0.4) is 0 Å². The molecule has 2 aliphatic rings. The number of thiocarbonyl (C=S) groups is 1. The lowest BCUT2D eigenvalue weighted by Crippen LogP contribution is -2.37. The minimum Gasteiger partial charge on any atom is -0.432 e. The van der Waals surface area contributed by atoms with Crippen LogP contribution in [0.4, 0.5) is 32.0 Å². The predicted octanol–water partition coefficient (Wildman–Crippen LogP) is 10.9. The first kappa shape index (κ1) is 30.3. The Hall–Kier alpha value is -3.16. The van der Waals surface area contributed by atoms with E-state index in [0.29, 0.717) is 40.7 Å². The molecule has 0 amide bonds. The van der Waals surface area contributed by atoms with Crippen molar-refractivity contribution in [3.8, 4) is 16.9 Å². The molecule has 0 aromatic heterocycles. The van der Waals surface area contributed by atoms with Crippen LogP contribution in [-0.2, 0) is 0 Å². The lowest BCUT2D eigenvalue weighted by atomic mass is 9.77. The summed E-state index contributed by atoms with van der Waals surface area (Å²) >= 11 is 4.33. The molecule has 0 spiro atoms. The average molecular weight is 604 g/mol. The van der Waals surface area contributed by atoms with Crippen molar-refractivity contribution in [1.29, 1.82) is 0 Å². The molecule has 0 saturated heterocycles. The monoisotopic (exact) mass is 603 g/mol. The van der Waals surface area contributed by atoms with Crippen molar-refractivity contribution in [2.75, 3.05) is 0 Å². The zero-order valence-corrected chi connectivity index (χ0v) is 23.9. The van der Waals surface area contributed by atoms with Crippen LogP contribution in [0.1, 0.15) is 81.3 Å². The van der Waals surface area contributed by atoms with Crippen LogP contribution in [0.15, 0.2) is 53.5 Å². The molecule has 222 valence electrons. The van der Waals surface area contributed by atoms with E-state index in [1.807, 2.05) is 11.2 Å². The van der Waals surface area contributed by atoms with E-state index in [1.54, 1.807) is 24.3 Å². The minimum atomic E-state index is -3.69. The Morgan fingerprint density at radius 2 is 1.40 bits per heavy atom. The van der Waals surface area contributed by atoms with Gasteiger partial charge in [-0.25, -0.2) is 17.6 Å². The van der Waals surface area contributed by atoms with Gasteiger partial charge in [0.05, 0.1) is 11.1 Å². The summed E-state index contributed by atoms with van der Waals surface area (Å²) < 4.78 is 93.1. The Bertz CT molecular complexity index is 1460. The number of hydrogen-bond donors (Lipinski definition) is 0. The quantitative estimate of drug-likeness (QED) is 0.152. The summed E-state index contributed by atoms with van der Waals surface area (Å²) in [5.74, 6) is -4.44.